The molecule has 0 unspecified atom stereocenters. The van der Waals surface area contributed by atoms with Crippen LogP contribution in [-0.4, -0.2) is 39.4 Å². The number of alkyl halides is 2. The number of esters is 1. The number of rotatable bonds is 20. The first-order valence-corrected chi connectivity index (χ1v) is 14.3. The smallest absolute Gasteiger partial charge is 0.332 e. The predicted molar refractivity (Wildman–Crippen MR) is 147 cm³/mol. The van der Waals surface area contributed by atoms with Crippen molar-refractivity contribution in [1.82, 2.24) is 5.32 Å². The summed E-state index contributed by atoms with van der Waals surface area (Å²) in [5.41, 5.74) is -1.78. The average molecular weight is 562 g/mol. The Hall–Kier alpha value is -1.90. The van der Waals surface area contributed by atoms with Gasteiger partial charge < -0.3 is 15.2 Å². The SMILES string of the molecule is CCCCCCCCCCCCC[C@@](O)(c1ccc([N+](=O)[O-])cc1)[C@@H](NC(=O)C(Cl)Cl)C(=O)OCCC. The molecule has 0 radical (unpaired) electrons. The highest BCUT2D eigenvalue weighted by molar-refractivity contribution is 6.53. The van der Waals surface area contributed by atoms with Crippen molar-refractivity contribution in [2.24, 2.45) is 0 Å². The Morgan fingerprint density at radius 2 is 1.46 bits per heavy atom. The van der Waals surface area contributed by atoms with Crippen molar-refractivity contribution < 1.29 is 24.4 Å². The van der Waals surface area contributed by atoms with E-state index in [1.807, 2.05) is 6.92 Å². The van der Waals surface area contributed by atoms with E-state index in [0.717, 1.165) is 25.7 Å². The van der Waals surface area contributed by atoms with Crippen molar-refractivity contribution in [3.63, 3.8) is 0 Å². The van der Waals surface area contributed by atoms with Crippen LogP contribution in [0.5, 0.6) is 0 Å². The van der Waals surface area contributed by atoms with Crippen LogP contribution in [-0.2, 0) is 19.9 Å². The normalized spacial score (nSPS) is 13.7. The third-order valence-electron chi connectivity index (χ3n) is 6.39. The van der Waals surface area contributed by atoms with Gasteiger partial charge in [0.05, 0.1) is 11.5 Å². The highest BCUT2D eigenvalue weighted by Gasteiger charge is 2.45. The average Bonchev–Trinajstić information content (AvgIpc) is 2.88. The summed E-state index contributed by atoms with van der Waals surface area (Å²) in [6.07, 6.45) is 12.9. The molecule has 0 aliphatic rings. The second kappa shape index (κ2) is 18.4. The molecule has 1 aromatic rings. The first-order valence-electron chi connectivity index (χ1n) is 13.4. The Labute approximate surface area is 230 Å². The number of carbonyl (C=O) groups is 2. The van der Waals surface area contributed by atoms with Crippen molar-refractivity contribution in [2.45, 2.75) is 114 Å². The largest absolute Gasteiger partial charge is 0.464 e. The van der Waals surface area contributed by atoms with Crippen LogP contribution in [0.15, 0.2) is 24.3 Å². The van der Waals surface area contributed by atoms with Crippen molar-refractivity contribution >= 4 is 40.8 Å². The van der Waals surface area contributed by atoms with Gasteiger partial charge in [-0.25, -0.2) is 4.79 Å². The van der Waals surface area contributed by atoms with E-state index >= 15 is 0 Å². The number of non-ortho nitro benzene ring substituents is 1. The molecule has 0 saturated heterocycles. The fraction of sp³-hybridized carbons (Fsp3) is 0.704. The second-order valence-corrected chi connectivity index (χ2v) is 10.5. The van der Waals surface area contributed by atoms with Crippen molar-refractivity contribution in [3.8, 4) is 0 Å². The summed E-state index contributed by atoms with van der Waals surface area (Å²) < 4.78 is 5.26. The molecule has 0 aliphatic carbocycles. The van der Waals surface area contributed by atoms with E-state index in [1.54, 1.807) is 0 Å². The van der Waals surface area contributed by atoms with E-state index in [4.69, 9.17) is 27.9 Å². The van der Waals surface area contributed by atoms with E-state index < -0.39 is 33.3 Å². The number of nitrogens with zero attached hydrogens (tertiary/aromatic N) is 1. The van der Waals surface area contributed by atoms with Gasteiger partial charge in [-0.05, 0) is 30.5 Å². The molecule has 37 heavy (non-hydrogen) atoms. The van der Waals surface area contributed by atoms with Crippen LogP contribution in [0.1, 0.15) is 103 Å². The molecule has 0 heterocycles. The second-order valence-electron chi connectivity index (χ2n) is 9.42. The number of nitro groups is 1. The standard InChI is InChI=1S/C27H42Cl2N2O6/c1-3-5-6-7-8-9-10-11-12-13-14-19-27(34,21-15-17-22(18-16-21)31(35)36)23(26(33)37-20-4-2)30-25(32)24(28)29/h15-18,23-24,34H,3-14,19-20H2,1-2H3,(H,30,32)/t23-,27+/m0/s1. The van der Waals surface area contributed by atoms with Gasteiger partial charge in [-0.15, -0.1) is 0 Å². The van der Waals surface area contributed by atoms with Gasteiger partial charge in [0.15, 0.2) is 10.9 Å². The van der Waals surface area contributed by atoms with Gasteiger partial charge in [0.1, 0.15) is 5.60 Å². The molecule has 0 fully saturated rings. The maximum absolute atomic E-state index is 13.0. The fourth-order valence-corrected chi connectivity index (χ4v) is 4.38. The van der Waals surface area contributed by atoms with Gasteiger partial charge >= 0.3 is 5.97 Å². The van der Waals surface area contributed by atoms with E-state index in [0.29, 0.717) is 12.8 Å². The molecule has 1 rings (SSSR count). The monoisotopic (exact) mass is 560 g/mol. The molecule has 8 nitrogen and oxygen atoms in total. The molecular weight excluding hydrogens is 519 g/mol. The number of unbranched alkanes of at least 4 members (excludes halogenated alkanes) is 10. The van der Waals surface area contributed by atoms with E-state index in [9.17, 15) is 24.8 Å². The minimum Gasteiger partial charge on any atom is -0.464 e. The molecule has 0 saturated carbocycles. The zero-order valence-electron chi connectivity index (χ0n) is 22.1. The summed E-state index contributed by atoms with van der Waals surface area (Å²) in [6, 6.07) is 3.80. The molecule has 210 valence electrons. The van der Waals surface area contributed by atoms with Crippen molar-refractivity contribution in [1.29, 1.82) is 0 Å². The van der Waals surface area contributed by atoms with Gasteiger partial charge in [-0.1, -0.05) is 108 Å². The predicted octanol–water partition coefficient (Wildman–Crippen LogP) is 6.73. The Balaban J connectivity index is 2.95. The van der Waals surface area contributed by atoms with Gasteiger partial charge in [-0.2, -0.15) is 0 Å². The lowest BCUT2D eigenvalue weighted by molar-refractivity contribution is -0.384. The summed E-state index contributed by atoms with van der Waals surface area (Å²) in [4.78, 5) is 34.4. The van der Waals surface area contributed by atoms with Gasteiger partial charge in [-0.3, -0.25) is 14.9 Å². The van der Waals surface area contributed by atoms with Crippen LogP contribution in [0.2, 0.25) is 0 Å². The number of nitro benzene ring substituents is 1. The summed E-state index contributed by atoms with van der Waals surface area (Å²) in [5.74, 6) is -1.67. The first-order chi connectivity index (χ1) is 17.7. The number of amides is 1. The summed E-state index contributed by atoms with van der Waals surface area (Å²) in [6.45, 7) is 4.13. The van der Waals surface area contributed by atoms with Gasteiger partial charge in [0, 0.05) is 12.1 Å². The lowest BCUT2D eigenvalue weighted by Gasteiger charge is -2.36. The minimum atomic E-state index is -1.88. The van der Waals surface area contributed by atoms with Gasteiger partial charge in [0.2, 0.25) is 0 Å². The summed E-state index contributed by atoms with van der Waals surface area (Å²) >= 11 is 11.4. The van der Waals surface area contributed by atoms with Crippen molar-refractivity contribution in [3.05, 3.63) is 39.9 Å². The van der Waals surface area contributed by atoms with E-state index in [-0.39, 0.29) is 24.3 Å². The van der Waals surface area contributed by atoms with Crippen LogP contribution in [0.3, 0.4) is 0 Å². The number of nitrogens with one attached hydrogen (secondary N) is 1. The minimum absolute atomic E-state index is 0.102. The molecule has 0 aromatic heterocycles. The maximum Gasteiger partial charge on any atom is 0.332 e. The molecule has 10 heteroatoms. The molecule has 2 atom stereocenters. The molecular formula is C27H42Cl2N2O6. The molecule has 0 bridgehead atoms. The number of carbonyl (C=O) groups excluding carboxylic acids is 2. The Kier molecular flexibility index (Phi) is 16.4. The summed E-state index contributed by atoms with van der Waals surface area (Å²) in [7, 11) is 0. The van der Waals surface area contributed by atoms with Crippen LogP contribution in [0.25, 0.3) is 0 Å². The Bertz CT molecular complexity index is 822. The maximum atomic E-state index is 13.0. The van der Waals surface area contributed by atoms with E-state index in [1.165, 1.54) is 62.8 Å². The van der Waals surface area contributed by atoms with Gasteiger partial charge in [0.25, 0.3) is 11.6 Å². The van der Waals surface area contributed by atoms with Crippen LogP contribution < -0.4 is 5.32 Å². The zero-order chi connectivity index (χ0) is 27.7. The Morgan fingerprint density at radius 1 is 0.946 bits per heavy atom. The number of hydrogen-bond acceptors (Lipinski definition) is 6. The third kappa shape index (κ3) is 12.0. The first kappa shape index (κ1) is 33.1. The topological polar surface area (TPSA) is 119 Å². The number of benzene rings is 1. The highest BCUT2D eigenvalue weighted by atomic mass is 35.5. The molecule has 0 spiro atoms. The quantitative estimate of drug-likeness (QED) is 0.0599. The number of halogens is 2. The third-order valence-corrected chi connectivity index (χ3v) is 6.78. The number of aliphatic hydroxyl groups is 1. The molecule has 1 aromatic carbocycles. The zero-order valence-corrected chi connectivity index (χ0v) is 23.6. The number of hydrogen-bond donors (Lipinski definition) is 2. The fourth-order valence-electron chi connectivity index (χ4n) is 4.25. The van der Waals surface area contributed by atoms with Crippen LogP contribution in [0.4, 0.5) is 5.69 Å². The highest BCUT2D eigenvalue weighted by Crippen LogP contribution is 2.34. The molecule has 2 N–H and O–H groups in total. The van der Waals surface area contributed by atoms with E-state index in [2.05, 4.69) is 12.2 Å². The molecule has 1 amide bonds. The van der Waals surface area contributed by atoms with Crippen LogP contribution >= 0.6 is 23.2 Å². The lowest BCUT2D eigenvalue weighted by atomic mass is 9.81. The summed E-state index contributed by atoms with van der Waals surface area (Å²) in [5, 5.41) is 25.4. The molecule has 0 aliphatic heterocycles. The number of ether oxygens (including phenoxy) is 1. The Morgan fingerprint density at radius 3 is 1.92 bits per heavy atom. The van der Waals surface area contributed by atoms with Crippen LogP contribution in [0, 0.1) is 10.1 Å². The lowest BCUT2D eigenvalue weighted by Crippen LogP contribution is -2.56. The van der Waals surface area contributed by atoms with Crippen molar-refractivity contribution in [2.75, 3.05) is 6.61 Å².